The molecule has 5 rings (SSSR count). The third-order valence-corrected chi connectivity index (χ3v) is 8.22. The number of aromatic nitrogens is 1. The SMILES string of the molecule is COc1ccc(CN2C(=O)N(C3CCC(C(=O)Nc4ccc(OC)c(C)c4)CC3)Cc3c(C)cc(Cl)nc32)cc1. The summed E-state index contributed by atoms with van der Waals surface area (Å²) in [4.78, 5) is 35.2. The van der Waals surface area contributed by atoms with Gasteiger partial charge >= 0.3 is 6.03 Å². The number of ether oxygens (including phenoxy) is 2. The first-order valence-corrected chi connectivity index (χ1v) is 14.0. The number of amides is 3. The first-order chi connectivity index (χ1) is 19.3. The Labute approximate surface area is 240 Å². The van der Waals surface area contributed by atoms with E-state index in [1.165, 1.54) is 0 Å². The van der Waals surface area contributed by atoms with Crippen molar-refractivity contribution in [3.05, 3.63) is 75.9 Å². The number of carbonyl (C=O) groups excluding carboxylic acids is 2. The van der Waals surface area contributed by atoms with Crippen LogP contribution in [0.25, 0.3) is 0 Å². The number of aryl methyl sites for hydroxylation is 2. The van der Waals surface area contributed by atoms with Gasteiger partial charge in [-0.15, -0.1) is 0 Å². The highest BCUT2D eigenvalue weighted by molar-refractivity contribution is 6.29. The third kappa shape index (κ3) is 5.72. The molecule has 2 aromatic carbocycles. The topological polar surface area (TPSA) is 84.0 Å². The maximum Gasteiger partial charge on any atom is 0.326 e. The van der Waals surface area contributed by atoms with E-state index in [1.807, 2.05) is 67.3 Å². The molecule has 1 aliphatic carbocycles. The molecule has 3 aromatic rings. The normalized spacial score (nSPS) is 18.8. The molecule has 1 aromatic heterocycles. The Morgan fingerprint density at radius 1 is 1.00 bits per heavy atom. The average molecular weight is 563 g/mol. The molecular formula is C31H35ClN4O4. The number of anilines is 2. The average Bonchev–Trinajstić information content (AvgIpc) is 2.95. The molecule has 1 aliphatic heterocycles. The van der Waals surface area contributed by atoms with Crippen LogP contribution in [0.15, 0.2) is 48.5 Å². The molecule has 2 heterocycles. The number of halogens is 1. The minimum atomic E-state index is -0.0940. The van der Waals surface area contributed by atoms with Gasteiger partial charge in [0, 0.05) is 23.2 Å². The fraction of sp³-hybridized carbons (Fsp3) is 0.387. The third-order valence-electron chi connectivity index (χ3n) is 8.03. The maximum atomic E-state index is 13.9. The van der Waals surface area contributed by atoms with Crippen LogP contribution in [0.5, 0.6) is 11.5 Å². The molecular weight excluding hydrogens is 528 g/mol. The minimum absolute atomic E-state index is 0.0224. The Bertz CT molecular complexity index is 1400. The molecule has 0 saturated heterocycles. The second kappa shape index (κ2) is 11.8. The second-order valence-corrected chi connectivity index (χ2v) is 11.0. The van der Waals surface area contributed by atoms with Crippen molar-refractivity contribution in [2.45, 2.75) is 58.7 Å². The van der Waals surface area contributed by atoms with Crippen LogP contribution in [-0.4, -0.2) is 42.1 Å². The number of methoxy groups -OCH3 is 2. The second-order valence-electron chi connectivity index (χ2n) is 10.6. The van der Waals surface area contributed by atoms with Crippen LogP contribution in [0.2, 0.25) is 5.15 Å². The van der Waals surface area contributed by atoms with Gasteiger partial charge in [0.05, 0.1) is 27.3 Å². The molecule has 1 fully saturated rings. The van der Waals surface area contributed by atoms with Crippen LogP contribution in [0.3, 0.4) is 0 Å². The fourth-order valence-electron chi connectivity index (χ4n) is 5.74. The number of benzene rings is 2. The first-order valence-electron chi connectivity index (χ1n) is 13.6. The van der Waals surface area contributed by atoms with Crippen LogP contribution in [0.4, 0.5) is 16.3 Å². The largest absolute Gasteiger partial charge is 0.497 e. The maximum absolute atomic E-state index is 13.9. The van der Waals surface area contributed by atoms with Crippen molar-refractivity contribution in [2.75, 3.05) is 24.4 Å². The van der Waals surface area contributed by atoms with Crippen molar-refractivity contribution in [3.63, 3.8) is 0 Å². The van der Waals surface area contributed by atoms with Gasteiger partial charge in [0.15, 0.2) is 0 Å². The molecule has 0 unspecified atom stereocenters. The molecule has 210 valence electrons. The molecule has 0 bridgehead atoms. The number of rotatable bonds is 7. The number of carbonyl (C=O) groups is 2. The van der Waals surface area contributed by atoms with Crippen molar-refractivity contribution >= 4 is 35.0 Å². The monoisotopic (exact) mass is 562 g/mol. The highest BCUT2D eigenvalue weighted by Crippen LogP contribution is 2.37. The standard InChI is InChI=1S/C31H35ClN4O4/c1-19-16-28(32)34-29-26(19)18-35(31(38)36(29)17-21-5-12-25(39-3)13-6-21)24-10-7-22(8-11-24)30(37)33-23-9-14-27(40-4)20(2)15-23/h5-6,9,12-16,22,24H,7-8,10-11,17-18H2,1-4H3,(H,33,37). The molecule has 40 heavy (non-hydrogen) atoms. The van der Waals surface area contributed by atoms with E-state index >= 15 is 0 Å². The van der Waals surface area contributed by atoms with Gasteiger partial charge in [-0.05, 0) is 92.6 Å². The minimum Gasteiger partial charge on any atom is -0.497 e. The lowest BCUT2D eigenvalue weighted by molar-refractivity contribution is -0.121. The van der Waals surface area contributed by atoms with E-state index in [1.54, 1.807) is 19.1 Å². The lowest BCUT2D eigenvalue weighted by Gasteiger charge is -2.43. The van der Waals surface area contributed by atoms with Crippen molar-refractivity contribution < 1.29 is 19.1 Å². The first kappa shape index (κ1) is 27.8. The van der Waals surface area contributed by atoms with Crippen LogP contribution >= 0.6 is 11.6 Å². The Balaban J connectivity index is 1.30. The molecule has 1 N–H and O–H groups in total. The molecule has 3 amide bonds. The molecule has 1 saturated carbocycles. The quantitative estimate of drug-likeness (QED) is 0.332. The summed E-state index contributed by atoms with van der Waals surface area (Å²) >= 11 is 6.33. The summed E-state index contributed by atoms with van der Waals surface area (Å²) in [7, 11) is 3.26. The van der Waals surface area contributed by atoms with Crippen LogP contribution < -0.4 is 19.7 Å². The predicted molar refractivity (Wildman–Crippen MR) is 156 cm³/mol. The van der Waals surface area contributed by atoms with Gasteiger partial charge in [0.2, 0.25) is 5.91 Å². The van der Waals surface area contributed by atoms with E-state index in [2.05, 4.69) is 10.3 Å². The van der Waals surface area contributed by atoms with E-state index < -0.39 is 0 Å². The summed E-state index contributed by atoms with van der Waals surface area (Å²) in [6.07, 6.45) is 2.96. The zero-order valence-corrected chi connectivity index (χ0v) is 24.1. The highest BCUT2D eigenvalue weighted by Gasteiger charge is 2.39. The molecule has 2 aliphatic rings. The van der Waals surface area contributed by atoms with Crippen molar-refractivity contribution in [1.82, 2.24) is 9.88 Å². The summed E-state index contributed by atoms with van der Waals surface area (Å²) in [6.45, 7) is 4.82. The highest BCUT2D eigenvalue weighted by atomic mass is 35.5. The number of fused-ring (bicyclic) bond motifs is 1. The molecule has 8 nitrogen and oxygen atoms in total. The van der Waals surface area contributed by atoms with Crippen LogP contribution in [-0.2, 0) is 17.9 Å². The number of nitrogens with zero attached hydrogens (tertiary/aromatic N) is 3. The Hall–Kier alpha value is -3.78. The van der Waals surface area contributed by atoms with Gasteiger partial charge in [0.25, 0.3) is 0 Å². The van der Waals surface area contributed by atoms with Gasteiger partial charge in [0.1, 0.15) is 22.5 Å². The zero-order valence-electron chi connectivity index (χ0n) is 23.4. The van der Waals surface area contributed by atoms with E-state index in [0.29, 0.717) is 24.1 Å². The van der Waals surface area contributed by atoms with E-state index in [-0.39, 0.29) is 23.9 Å². The van der Waals surface area contributed by atoms with E-state index in [9.17, 15) is 9.59 Å². The van der Waals surface area contributed by atoms with Gasteiger partial charge < -0.3 is 19.7 Å². The zero-order chi connectivity index (χ0) is 28.4. The lowest BCUT2D eigenvalue weighted by atomic mass is 9.84. The summed E-state index contributed by atoms with van der Waals surface area (Å²) in [6, 6.07) is 15.1. The summed E-state index contributed by atoms with van der Waals surface area (Å²) < 4.78 is 10.6. The number of pyridine rings is 1. The fourth-order valence-corrected chi connectivity index (χ4v) is 5.98. The Morgan fingerprint density at radius 3 is 2.38 bits per heavy atom. The Kier molecular flexibility index (Phi) is 8.17. The van der Waals surface area contributed by atoms with Crippen molar-refractivity contribution in [2.24, 2.45) is 5.92 Å². The van der Waals surface area contributed by atoms with E-state index in [0.717, 1.165) is 65.1 Å². The van der Waals surface area contributed by atoms with E-state index in [4.69, 9.17) is 21.1 Å². The molecule has 0 spiro atoms. The van der Waals surface area contributed by atoms with Gasteiger partial charge in [-0.1, -0.05) is 23.7 Å². The van der Waals surface area contributed by atoms with Crippen LogP contribution in [0, 0.1) is 19.8 Å². The number of urea groups is 1. The number of hydrogen-bond donors (Lipinski definition) is 1. The summed E-state index contributed by atoms with van der Waals surface area (Å²) in [5.41, 5.74) is 4.72. The summed E-state index contributed by atoms with van der Waals surface area (Å²) in [5.74, 6) is 2.10. The summed E-state index contributed by atoms with van der Waals surface area (Å²) in [5, 5.41) is 3.43. The molecule has 0 atom stereocenters. The van der Waals surface area contributed by atoms with Crippen molar-refractivity contribution in [3.8, 4) is 11.5 Å². The molecule has 9 heteroatoms. The van der Waals surface area contributed by atoms with Crippen LogP contribution in [0.1, 0.15) is 47.9 Å². The lowest BCUT2D eigenvalue weighted by Crippen LogP contribution is -2.52. The molecule has 0 radical (unpaired) electrons. The smallest absolute Gasteiger partial charge is 0.326 e. The Morgan fingerprint density at radius 2 is 1.73 bits per heavy atom. The number of hydrogen-bond acceptors (Lipinski definition) is 5. The van der Waals surface area contributed by atoms with Gasteiger partial charge in [-0.3, -0.25) is 9.69 Å². The van der Waals surface area contributed by atoms with Crippen molar-refractivity contribution in [1.29, 1.82) is 0 Å². The van der Waals surface area contributed by atoms with Gasteiger partial charge in [-0.25, -0.2) is 9.78 Å². The predicted octanol–water partition coefficient (Wildman–Crippen LogP) is 6.51. The van der Waals surface area contributed by atoms with Gasteiger partial charge in [-0.2, -0.15) is 0 Å². The number of nitrogens with one attached hydrogen (secondary N) is 1.